The standard InChI is InChI=1S/C14H9F2N3O/c15-11-3-1-8(6-12(11)16)14(20)18-10-2-4-13-9(5-10)7-17-19-13/h1-7H,(H,17,19)(H,18,20). The number of amides is 1. The maximum atomic E-state index is 13.1. The SMILES string of the molecule is O=C(Nc1ccc2[nH]ncc2c1)c1ccc(F)c(F)c1. The molecule has 0 spiro atoms. The summed E-state index contributed by atoms with van der Waals surface area (Å²) in [6, 6.07) is 8.20. The van der Waals surface area contributed by atoms with Crippen LogP contribution < -0.4 is 5.32 Å². The summed E-state index contributed by atoms with van der Waals surface area (Å²) in [7, 11) is 0. The molecule has 1 heterocycles. The number of hydrogen-bond acceptors (Lipinski definition) is 2. The van der Waals surface area contributed by atoms with Gasteiger partial charge in [-0.15, -0.1) is 0 Å². The molecule has 0 atom stereocenters. The Morgan fingerprint density at radius 1 is 1.10 bits per heavy atom. The monoisotopic (exact) mass is 273 g/mol. The molecule has 0 aliphatic rings. The molecular formula is C14H9F2N3O. The zero-order valence-corrected chi connectivity index (χ0v) is 10.2. The summed E-state index contributed by atoms with van der Waals surface area (Å²) in [4.78, 5) is 11.9. The largest absolute Gasteiger partial charge is 0.322 e. The van der Waals surface area contributed by atoms with Crippen LogP contribution in [-0.4, -0.2) is 16.1 Å². The molecule has 2 N–H and O–H groups in total. The van der Waals surface area contributed by atoms with Gasteiger partial charge in [-0.3, -0.25) is 9.89 Å². The lowest BCUT2D eigenvalue weighted by molar-refractivity contribution is 0.102. The summed E-state index contributed by atoms with van der Waals surface area (Å²) in [6.07, 6.45) is 1.63. The van der Waals surface area contributed by atoms with Gasteiger partial charge in [-0.25, -0.2) is 8.78 Å². The van der Waals surface area contributed by atoms with Gasteiger partial charge in [0.15, 0.2) is 11.6 Å². The molecule has 6 heteroatoms. The summed E-state index contributed by atoms with van der Waals surface area (Å²) in [6.45, 7) is 0. The summed E-state index contributed by atoms with van der Waals surface area (Å²) >= 11 is 0. The van der Waals surface area contributed by atoms with Crippen LogP contribution in [0.3, 0.4) is 0 Å². The first kappa shape index (κ1) is 12.3. The van der Waals surface area contributed by atoms with Crippen molar-refractivity contribution in [3.8, 4) is 0 Å². The van der Waals surface area contributed by atoms with Crippen LogP contribution in [0, 0.1) is 11.6 Å². The number of hydrogen-bond donors (Lipinski definition) is 2. The number of rotatable bonds is 2. The highest BCUT2D eigenvalue weighted by atomic mass is 19.2. The average Bonchev–Trinajstić information content (AvgIpc) is 2.89. The maximum Gasteiger partial charge on any atom is 0.255 e. The Labute approximate surface area is 112 Å². The quantitative estimate of drug-likeness (QED) is 0.753. The van der Waals surface area contributed by atoms with Crippen LogP contribution in [0.15, 0.2) is 42.6 Å². The second-order valence-electron chi connectivity index (χ2n) is 4.26. The highest BCUT2D eigenvalue weighted by molar-refractivity contribution is 6.05. The lowest BCUT2D eigenvalue weighted by Crippen LogP contribution is -2.12. The Morgan fingerprint density at radius 2 is 1.95 bits per heavy atom. The molecule has 3 aromatic rings. The van der Waals surface area contributed by atoms with E-state index in [1.807, 2.05) is 0 Å². The van der Waals surface area contributed by atoms with Crippen LogP contribution >= 0.6 is 0 Å². The van der Waals surface area contributed by atoms with Crippen molar-refractivity contribution in [3.05, 3.63) is 59.8 Å². The van der Waals surface area contributed by atoms with Crippen molar-refractivity contribution in [2.75, 3.05) is 5.32 Å². The minimum Gasteiger partial charge on any atom is -0.322 e. The molecule has 0 aliphatic carbocycles. The van der Waals surface area contributed by atoms with Gasteiger partial charge < -0.3 is 5.32 Å². The van der Waals surface area contributed by atoms with Crippen LogP contribution in [0.4, 0.5) is 14.5 Å². The molecule has 20 heavy (non-hydrogen) atoms. The van der Waals surface area contributed by atoms with Crippen LogP contribution in [0.5, 0.6) is 0 Å². The van der Waals surface area contributed by atoms with Gasteiger partial charge >= 0.3 is 0 Å². The van der Waals surface area contributed by atoms with Crippen molar-refractivity contribution in [2.45, 2.75) is 0 Å². The van der Waals surface area contributed by atoms with E-state index >= 15 is 0 Å². The van der Waals surface area contributed by atoms with E-state index in [2.05, 4.69) is 15.5 Å². The first-order valence-electron chi connectivity index (χ1n) is 5.83. The van der Waals surface area contributed by atoms with Gasteiger partial charge in [-0.2, -0.15) is 5.10 Å². The molecule has 0 fully saturated rings. The van der Waals surface area contributed by atoms with Crippen molar-refractivity contribution in [2.24, 2.45) is 0 Å². The van der Waals surface area contributed by atoms with Gasteiger partial charge in [0.1, 0.15) is 0 Å². The lowest BCUT2D eigenvalue weighted by Gasteiger charge is -2.05. The highest BCUT2D eigenvalue weighted by Crippen LogP contribution is 2.18. The number of halogens is 2. The molecule has 1 aromatic heterocycles. The number of aromatic amines is 1. The van der Waals surface area contributed by atoms with Gasteiger partial charge in [-0.1, -0.05) is 0 Å². The molecule has 4 nitrogen and oxygen atoms in total. The lowest BCUT2D eigenvalue weighted by atomic mass is 10.2. The molecule has 0 saturated carbocycles. The Morgan fingerprint density at radius 3 is 2.75 bits per heavy atom. The maximum absolute atomic E-state index is 13.1. The van der Waals surface area contributed by atoms with E-state index in [9.17, 15) is 13.6 Å². The summed E-state index contributed by atoms with van der Waals surface area (Å²) in [5.41, 5.74) is 1.45. The molecule has 1 amide bonds. The van der Waals surface area contributed by atoms with Gasteiger partial charge in [0.25, 0.3) is 5.91 Å². The fourth-order valence-corrected chi connectivity index (χ4v) is 1.86. The van der Waals surface area contributed by atoms with Gasteiger partial charge in [0.05, 0.1) is 11.7 Å². The van der Waals surface area contributed by atoms with Crippen molar-refractivity contribution >= 4 is 22.5 Å². The van der Waals surface area contributed by atoms with Crippen LogP contribution in [-0.2, 0) is 0 Å². The van der Waals surface area contributed by atoms with E-state index in [0.717, 1.165) is 23.0 Å². The smallest absolute Gasteiger partial charge is 0.255 e. The average molecular weight is 273 g/mol. The second-order valence-corrected chi connectivity index (χ2v) is 4.26. The molecule has 0 radical (unpaired) electrons. The number of aromatic nitrogens is 2. The molecule has 100 valence electrons. The first-order chi connectivity index (χ1) is 9.63. The summed E-state index contributed by atoms with van der Waals surface area (Å²) in [5, 5.41) is 10.1. The zero-order valence-electron chi connectivity index (χ0n) is 10.2. The third kappa shape index (κ3) is 2.23. The number of nitrogens with one attached hydrogen (secondary N) is 2. The van der Waals surface area contributed by atoms with Crippen LogP contribution in [0.25, 0.3) is 10.9 Å². The third-order valence-corrected chi connectivity index (χ3v) is 2.88. The van der Waals surface area contributed by atoms with Gasteiger partial charge in [-0.05, 0) is 36.4 Å². The Balaban J connectivity index is 1.85. The van der Waals surface area contributed by atoms with E-state index in [1.165, 1.54) is 6.07 Å². The van der Waals surface area contributed by atoms with Crippen molar-refractivity contribution in [1.29, 1.82) is 0 Å². The first-order valence-corrected chi connectivity index (χ1v) is 5.83. The van der Waals surface area contributed by atoms with Crippen molar-refractivity contribution in [3.63, 3.8) is 0 Å². The topological polar surface area (TPSA) is 57.8 Å². The minimum absolute atomic E-state index is 0.0520. The van der Waals surface area contributed by atoms with Crippen molar-refractivity contribution < 1.29 is 13.6 Å². The van der Waals surface area contributed by atoms with E-state index in [4.69, 9.17) is 0 Å². The minimum atomic E-state index is -1.05. The zero-order chi connectivity index (χ0) is 14.1. The Bertz CT molecular complexity index is 798. The summed E-state index contributed by atoms with van der Waals surface area (Å²) in [5.74, 6) is -2.55. The van der Waals surface area contributed by atoms with E-state index in [1.54, 1.807) is 24.4 Å². The number of carbonyl (C=O) groups excluding carboxylic acids is 1. The van der Waals surface area contributed by atoms with Crippen LogP contribution in [0.1, 0.15) is 10.4 Å². The van der Waals surface area contributed by atoms with E-state index < -0.39 is 17.5 Å². The molecule has 0 saturated heterocycles. The number of anilines is 1. The number of nitrogens with zero attached hydrogens (tertiary/aromatic N) is 1. The Kier molecular flexibility index (Phi) is 2.90. The molecular weight excluding hydrogens is 264 g/mol. The normalized spacial score (nSPS) is 10.7. The number of fused-ring (bicyclic) bond motifs is 1. The predicted octanol–water partition coefficient (Wildman–Crippen LogP) is 3.09. The van der Waals surface area contributed by atoms with Gasteiger partial charge in [0.2, 0.25) is 0 Å². The predicted molar refractivity (Wildman–Crippen MR) is 70.4 cm³/mol. The molecule has 0 bridgehead atoms. The Hall–Kier alpha value is -2.76. The highest BCUT2D eigenvalue weighted by Gasteiger charge is 2.10. The van der Waals surface area contributed by atoms with E-state index in [-0.39, 0.29) is 5.56 Å². The molecule has 3 rings (SSSR count). The fraction of sp³-hybridized carbons (Fsp3) is 0. The third-order valence-electron chi connectivity index (χ3n) is 2.88. The van der Waals surface area contributed by atoms with Crippen molar-refractivity contribution in [1.82, 2.24) is 10.2 Å². The molecule has 0 unspecified atom stereocenters. The molecule has 0 aliphatic heterocycles. The summed E-state index contributed by atoms with van der Waals surface area (Å²) < 4.78 is 25.9. The van der Waals surface area contributed by atoms with Crippen LogP contribution in [0.2, 0.25) is 0 Å². The second kappa shape index (κ2) is 4.73. The number of benzene rings is 2. The van der Waals surface area contributed by atoms with E-state index in [0.29, 0.717) is 5.69 Å². The molecule has 2 aromatic carbocycles. The van der Waals surface area contributed by atoms with Gasteiger partial charge in [0, 0.05) is 16.6 Å². The number of H-pyrrole nitrogens is 1. The number of carbonyl (C=O) groups is 1. The fourth-order valence-electron chi connectivity index (χ4n) is 1.86.